The predicted molar refractivity (Wildman–Crippen MR) is 87.1 cm³/mol. The molecule has 2 fully saturated rings. The van der Waals surface area contributed by atoms with Crippen LogP contribution in [0.2, 0.25) is 0 Å². The molecule has 2 saturated heterocycles. The summed E-state index contributed by atoms with van der Waals surface area (Å²) in [7, 11) is 0. The van der Waals surface area contributed by atoms with Crippen molar-refractivity contribution in [2.75, 3.05) is 31.1 Å². The molecule has 1 aromatic carbocycles. The van der Waals surface area contributed by atoms with Crippen molar-refractivity contribution in [2.45, 2.75) is 45.1 Å². The van der Waals surface area contributed by atoms with Crippen molar-refractivity contribution in [3.63, 3.8) is 0 Å². The van der Waals surface area contributed by atoms with Gasteiger partial charge in [-0.1, -0.05) is 6.42 Å². The summed E-state index contributed by atoms with van der Waals surface area (Å²) in [6.45, 7) is 6.51. The average molecular weight is 286 g/mol. The minimum atomic E-state index is 0.144. The Labute approximate surface area is 127 Å². The van der Waals surface area contributed by atoms with Crippen molar-refractivity contribution >= 4 is 11.5 Å². The van der Waals surface area contributed by atoms with E-state index in [1.165, 1.54) is 50.9 Å². The van der Waals surface area contributed by atoms with E-state index in [0.717, 1.165) is 24.7 Å². The lowest BCUT2D eigenvalue weighted by Gasteiger charge is -2.41. The number of piperidine rings is 2. The molecule has 114 valence electrons. The summed E-state index contributed by atoms with van der Waals surface area (Å²) in [5.74, 6) is 0.144. The summed E-state index contributed by atoms with van der Waals surface area (Å²) in [5, 5.41) is 0. The number of carbonyl (C=O) groups excluding carboxylic acids is 1. The van der Waals surface area contributed by atoms with Gasteiger partial charge in [-0.2, -0.15) is 0 Å². The molecule has 0 saturated carbocycles. The highest BCUT2D eigenvalue weighted by molar-refractivity contribution is 5.94. The molecule has 0 aromatic heterocycles. The molecule has 0 radical (unpaired) electrons. The number of hydrogen-bond donors (Lipinski definition) is 0. The first kappa shape index (κ1) is 14.6. The lowest BCUT2D eigenvalue weighted by molar-refractivity contribution is 0.101. The topological polar surface area (TPSA) is 23.6 Å². The first-order valence-electron chi connectivity index (χ1n) is 8.34. The standard InChI is InChI=1S/C18H26N2O/c1-15(21)16-5-7-17(8-6-16)20-13-9-18(10-14-20)19-11-3-2-4-12-19/h5-8,18H,2-4,9-14H2,1H3. The zero-order valence-electron chi connectivity index (χ0n) is 13.1. The lowest BCUT2D eigenvalue weighted by atomic mass is 9.99. The molecule has 3 rings (SSSR count). The van der Waals surface area contributed by atoms with Crippen LogP contribution in [-0.2, 0) is 0 Å². The van der Waals surface area contributed by atoms with Crippen LogP contribution in [0.1, 0.15) is 49.4 Å². The number of ketones is 1. The predicted octanol–water partition coefficient (Wildman–Crippen LogP) is 3.34. The van der Waals surface area contributed by atoms with Gasteiger partial charge in [0, 0.05) is 30.4 Å². The normalized spacial score (nSPS) is 21.5. The van der Waals surface area contributed by atoms with E-state index in [9.17, 15) is 4.79 Å². The van der Waals surface area contributed by atoms with Crippen molar-refractivity contribution in [1.82, 2.24) is 4.90 Å². The van der Waals surface area contributed by atoms with E-state index in [2.05, 4.69) is 21.9 Å². The van der Waals surface area contributed by atoms with E-state index >= 15 is 0 Å². The van der Waals surface area contributed by atoms with Gasteiger partial charge in [-0.3, -0.25) is 4.79 Å². The van der Waals surface area contributed by atoms with Crippen LogP contribution in [0.25, 0.3) is 0 Å². The molecule has 2 heterocycles. The third-order valence-electron chi connectivity index (χ3n) is 5.01. The van der Waals surface area contributed by atoms with Crippen LogP contribution in [0.15, 0.2) is 24.3 Å². The van der Waals surface area contributed by atoms with Gasteiger partial charge in [-0.05, 0) is 70.0 Å². The fraction of sp³-hybridized carbons (Fsp3) is 0.611. The van der Waals surface area contributed by atoms with Gasteiger partial charge in [-0.15, -0.1) is 0 Å². The van der Waals surface area contributed by atoms with Crippen LogP contribution < -0.4 is 4.90 Å². The maximum Gasteiger partial charge on any atom is 0.159 e. The smallest absolute Gasteiger partial charge is 0.159 e. The Bertz CT molecular complexity index is 468. The van der Waals surface area contributed by atoms with Gasteiger partial charge in [0.05, 0.1) is 0 Å². The lowest BCUT2D eigenvalue weighted by Crippen LogP contribution is -2.46. The molecule has 3 nitrogen and oxygen atoms in total. The largest absolute Gasteiger partial charge is 0.371 e. The molecule has 0 amide bonds. The molecule has 0 spiro atoms. The van der Waals surface area contributed by atoms with Gasteiger partial charge in [0.15, 0.2) is 5.78 Å². The Hall–Kier alpha value is -1.35. The Balaban J connectivity index is 1.56. The summed E-state index contributed by atoms with van der Waals surface area (Å²) in [4.78, 5) is 16.5. The second-order valence-corrected chi connectivity index (χ2v) is 6.42. The maximum absolute atomic E-state index is 11.3. The molecular formula is C18H26N2O. The molecule has 3 heteroatoms. The fourth-order valence-corrected chi connectivity index (χ4v) is 3.68. The van der Waals surface area contributed by atoms with Crippen molar-refractivity contribution in [1.29, 1.82) is 0 Å². The first-order valence-corrected chi connectivity index (χ1v) is 8.34. The molecular weight excluding hydrogens is 260 g/mol. The Morgan fingerprint density at radius 3 is 2.14 bits per heavy atom. The number of likely N-dealkylation sites (tertiary alicyclic amines) is 1. The van der Waals surface area contributed by atoms with Crippen LogP contribution >= 0.6 is 0 Å². The van der Waals surface area contributed by atoms with Crippen molar-refractivity contribution in [3.05, 3.63) is 29.8 Å². The molecule has 0 N–H and O–H groups in total. The quantitative estimate of drug-likeness (QED) is 0.796. The van der Waals surface area contributed by atoms with Crippen LogP contribution in [0, 0.1) is 0 Å². The highest BCUT2D eigenvalue weighted by atomic mass is 16.1. The number of Topliss-reactive ketones (excluding diaryl/α,β-unsaturated/α-hetero) is 1. The molecule has 21 heavy (non-hydrogen) atoms. The van der Waals surface area contributed by atoms with Crippen LogP contribution in [0.3, 0.4) is 0 Å². The van der Waals surface area contributed by atoms with Gasteiger partial charge in [0.1, 0.15) is 0 Å². The van der Waals surface area contributed by atoms with Gasteiger partial charge < -0.3 is 9.80 Å². The van der Waals surface area contributed by atoms with Gasteiger partial charge in [0.2, 0.25) is 0 Å². The maximum atomic E-state index is 11.3. The molecule has 0 atom stereocenters. The van der Waals surface area contributed by atoms with Crippen LogP contribution in [0.5, 0.6) is 0 Å². The minimum absolute atomic E-state index is 0.144. The number of benzene rings is 1. The molecule has 0 aliphatic carbocycles. The van der Waals surface area contributed by atoms with Gasteiger partial charge in [0.25, 0.3) is 0 Å². The van der Waals surface area contributed by atoms with Gasteiger partial charge in [-0.25, -0.2) is 0 Å². The Morgan fingerprint density at radius 1 is 0.952 bits per heavy atom. The molecule has 2 aliphatic heterocycles. The van der Waals surface area contributed by atoms with Crippen molar-refractivity contribution < 1.29 is 4.79 Å². The van der Waals surface area contributed by atoms with E-state index in [1.54, 1.807) is 6.92 Å². The average Bonchev–Trinajstić information content (AvgIpc) is 2.56. The second kappa shape index (κ2) is 6.61. The molecule has 1 aromatic rings. The summed E-state index contributed by atoms with van der Waals surface area (Å²) in [6, 6.07) is 8.89. The highest BCUT2D eigenvalue weighted by Gasteiger charge is 2.25. The van der Waals surface area contributed by atoms with E-state index in [4.69, 9.17) is 0 Å². The minimum Gasteiger partial charge on any atom is -0.371 e. The van der Waals surface area contributed by atoms with Crippen molar-refractivity contribution in [3.8, 4) is 0 Å². The van der Waals surface area contributed by atoms with Gasteiger partial charge >= 0.3 is 0 Å². The number of carbonyl (C=O) groups is 1. The summed E-state index contributed by atoms with van der Waals surface area (Å²) < 4.78 is 0. The Morgan fingerprint density at radius 2 is 1.57 bits per heavy atom. The monoisotopic (exact) mass is 286 g/mol. The SMILES string of the molecule is CC(=O)c1ccc(N2CCC(N3CCCCC3)CC2)cc1. The number of hydrogen-bond acceptors (Lipinski definition) is 3. The van der Waals surface area contributed by atoms with E-state index in [0.29, 0.717) is 0 Å². The fourth-order valence-electron chi connectivity index (χ4n) is 3.68. The summed E-state index contributed by atoms with van der Waals surface area (Å²) in [6.07, 6.45) is 6.72. The molecule has 2 aliphatic rings. The summed E-state index contributed by atoms with van der Waals surface area (Å²) in [5.41, 5.74) is 2.07. The first-order chi connectivity index (χ1) is 10.2. The zero-order valence-corrected chi connectivity index (χ0v) is 13.1. The third-order valence-corrected chi connectivity index (χ3v) is 5.01. The van der Waals surface area contributed by atoms with Crippen LogP contribution in [-0.4, -0.2) is 42.9 Å². The highest BCUT2D eigenvalue weighted by Crippen LogP contribution is 2.25. The second-order valence-electron chi connectivity index (χ2n) is 6.42. The molecule has 0 bridgehead atoms. The van der Waals surface area contributed by atoms with E-state index in [-0.39, 0.29) is 5.78 Å². The van der Waals surface area contributed by atoms with E-state index in [1.807, 2.05) is 12.1 Å². The Kier molecular flexibility index (Phi) is 4.59. The number of rotatable bonds is 3. The van der Waals surface area contributed by atoms with E-state index < -0.39 is 0 Å². The molecule has 0 unspecified atom stereocenters. The van der Waals surface area contributed by atoms with Crippen LogP contribution in [0.4, 0.5) is 5.69 Å². The number of nitrogens with zero attached hydrogens (tertiary/aromatic N) is 2. The van der Waals surface area contributed by atoms with Crippen molar-refractivity contribution in [2.24, 2.45) is 0 Å². The number of anilines is 1. The summed E-state index contributed by atoms with van der Waals surface area (Å²) >= 11 is 0. The zero-order chi connectivity index (χ0) is 14.7. The third kappa shape index (κ3) is 3.46.